The number of carbonyl (C=O) groups excluding carboxylic acids is 7. The topological polar surface area (TPSA) is 217 Å². The highest BCUT2D eigenvalue weighted by molar-refractivity contribution is 6.26. The van der Waals surface area contributed by atoms with Crippen LogP contribution in [0.4, 0.5) is 4.79 Å². The molecule has 5 aliphatic rings. The van der Waals surface area contributed by atoms with E-state index in [1.807, 2.05) is 0 Å². The van der Waals surface area contributed by atoms with E-state index in [1.165, 1.54) is 24.0 Å². The van der Waals surface area contributed by atoms with E-state index in [0.717, 1.165) is 13.8 Å². The van der Waals surface area contributed by atoms with Crippen LogP contribution in [0.5, 0.6) is 0 Å². The zero-order chi connectivity index (χ0) is 47.2. The Morgan fingerprint density at radius 3 is 2.17 bits per heavy atom. The fourth-order valence-corrected chi connectivity index (χ4v) is 10.7. The van der Waals surface area contributed by atoms with Crippen LogP contribution in [0.3, 0.4) is 0 Å². The van der Waals surface area contributed by atoms with Gasteiger partial charge in [-0.25, -0.2) is 14.4 Å². The molecule has 3 aliphatic carbocycles. The van der Waals surface area contributed by atoms with Crippen molar-refractivity contribution >= 4 is 53.3 Å². The fraction of sp³-hybridized carbons (Fsp3) is 0.511. The van der Waals surface area contributed by atoms with Crippen molar-refractivity contribution in [2.45, 2.75) is 108 Å². The van der Waals surface area contributed by atoms with Crippen molar-refractivity contribution in [3.8, 4) is 12.3 Å². The Kier molecular flexibility index (Phi) is 13.0. The van der Waals surface area contributed by atoms with Gasteiger partial charge in [0, 0.05) is 32.1 Å². The van der Waals surface area contributed by atoms with Crippen LogP contribution >= 0.6 is 11.6 Å². The van der Waals surface area contributed by atoms with Crippen molar-refractivity contribution in [3.05, 3.63) is 82.9 Å². The summed E-state index contributed by atoms with van der Waals surface area (Å²) < 4.78 is 47.9. The van der Waals surface area contributed by atoms with Crippen molar-refractivity contribution in [2.75, 3.05) is 25.8 Å². The van der Waals surface area contributed by atoms with Gasteiger partial charge in [0.05, 0.1) is 29.5 Å². The third-order valence-electron chi connectivity index (χ3n) is 13.7. The second-order valence-corrected chi connectivity index (χ2v) is 17.8. The number of ether oxygens (including phenoxy) is 8. The molecule has 4 fully saturated rings. The van der Waals surface area contributed by atoms with Crippen molar-refractivity contribution in [3.63, 3.8) is 0 Å². The van der Waals surface area contributed by atoms with Gasteiger partial charge < -0.3 is 43.0 Å². The lowest BCUT2D eigenvalue weighted by Gasteiger charge is -2.67. The lowest BCUT2D eigenvalue weighted by Crippen LogP contribution is -2.82. The van der Waals surface area contributed by atoms with Crippen LogP contribution in [-0.4, -0.2) is 125 Å². The van der Waals surface area contributed by atoms with Gasteiger partial charge in [0.15, 0.2) is 30.2 Å². The first kappa shape index (κ1) is 47.2. The van der Waals surface area contributed by atoms with Crippen molar-refractivity contribution in [1.82, 2.24) is 4.90 Å². The van der Waals surface area contributed by atoms with Gasteiger partial charge >= 0.3 is 35.9 Å². The second-order valence-electron chi connectivity index (χ2n) is 17.6. The number of alkyl halides is 1. The van der Waals surface area contributed by atoms with Crippen LogP contribution in [0.1, 0.15) is 76.3 Å². The number of rotatable bonds is 10. The Hall–Kier alpha value is -5.80. The maximum absolute atomic E-state index is 15.9. The first-order valence-electron chi connectivity index (χ1n) is 21.0. The largest absolute Gasteiger partial charge is 0.460 e. The molecular formula is C47H50ClNO16. The Bertz CT molecular complexity index is 2330. The number of nitrogens with zero attached hydrogens (tertiary/aromatic N) is 1. The number of amides is 1. The van der Waals surface area contributed by atoms with E-state index in [0.29, 0.717) is 5.56 Å². The first-order valence-corrected chi connectivity index (χ1v) is 21.5. The molecule has 2 aromatic rings. The molecule has 65 heavy (non-hydrogen) atoms. The summed E-state index contributed by atoms with van der Waals surface area (Å²) in [6.45, 7) is 7.19. The van der Waals surface area contributed by atoms with E-state index >= 15 is 4.79 Å². The van der Waals surface area contributed by atoms with Crippen molar-refractivity contribution < 1.29 is 76.6 Å². The number of carbonyl (C=O) groups is 7. The van der Waals surface area contributed by atoms with Crippen LogP contribution in [0, 0.1) is 29.1 Å². The number of halogens is 1. The zero-order valence-electron chi connectivity index (χ0n) is 36.6. The van der Waals surface area contributed by atoms with E-state index in [2.05, 4.69) is 5.92 Å². The highest BCUT2D eigenvalue weighted by atomic mass is 35.5. The van der Waals surface area contributed by atoms with Crippen LogP contribution in [-0.2, 0) is 61.9 Å². The molecule has 2 bridgehead atoms. The molecule has 346 valence electrons. The number of ketones is 1. The number of Topliss-reactive ketones (excluding diaryl/α,β-unsaturated/α-hetero) is 1. The van der Waals surface area contributed by atoms with Crippen LogP contribution in [0.25, 0.3) is 0 Å². The molecule has 2 aromatic carbocycles. The quantitative estimate of drug-likeness (QED) is 0.116. The summed E-state index contributed by atoms with van der Waals surface area (Å²) in [7, 11) is 0. The van der Waals surface area contributed by atoms with E-state index in [4.69, 9.17) is 55.9 Å². The highest BCUT2D eigenvalue weighted by Gasteiger charge is 2.79. The summed E-state index contributed by atoms with van der Waals surface area (Å²) in [5, 5.41) is 13.9. The van der Waals surface area contributed by atoms with Gasteiger partial charge in [-0.15, -0.1) is 18.0 Å². The normalized spacial score (nSPS) is 33.3. The number of aliphatic hydroxyl groups is 1. The third-order valence-corrected chi connectivity index (χ3v) is 13.9. The Morgan fingerprint density at radius 1 is 0.923 bits per heavy atom. The van der Waals surface area contributed by atoms with Gasteiger partial charge in [-0.2, -0.15) is 0 Å². The molecule has 1 N–H and O–H groups in total. The SMILES string of the molecule is C#CCOC(=O)N1CO[C@@H](C(=O)O[C@H]2C[C@@]3(O)[C@@H](OC(=O)c4ccccc4)[C@@H]4[C@]5(OC(C)=O)CO[C@@H]5C[C@H](OC(=O)CCl)[C@@]4(C)C(=O)[C@H](OC(C)=O)C(=C2C)C3(C)C)[C@@H]1c1ccccc1. The predicted octanol–water partition coefficient (Wildman–Crippen LogP) is 4.16. The minimum atomic E-state index is -2.42. The summed E-state index contributed by atoms with van der Waals surface area (Å²) in [5.41, 5.74) is -7.34. The van der Waals surface area contributed by atoms with E-state index in [-0.39, 0.29) is 36.3 Å². The van der Waals surface area contributed by atoms with Gasteiger partial charge in [0.25, 0.3) is 0 Å². The van der Waals surface area contributed by atoms with Gasteiger partial charge in [-0.3, -0.25) is 24.1 Å². The highest BCUT2D eigenvalue weighted by Crippen LogP contribution is 2.65. The number of hydrogen-bond donors (Lipinski definition) is 1. The molecule has 0 spiro atoms. The number of terminal acetylenes is 1. The minimum Gasteiger partial charge on any atom is -0.460 e. The zero-order valence-corrected chi connectivity index (χ0v) is 37.4. The summed E-state index contributed by atoms with van der Waals surface area (Å²) in [4.78, 5) is 98.8. The van der Waals surface area contributed by atoms with Crippen LogP contribution in [0.2, 0.25) is 0 Å². The molecule has 0 radical (unpaired) electrons. The fourth-order valence-electron chi connectivity index (χ4n) is 10.6. The number of benzene rings is 2. The smallest absolute Gasteiger partial charge is 0.413 e. The summed E-state index contributed by atoms with van der Waals surface area (Å²) >= 11 is 5.94. The Morgan fingerprint density at radius 2 is 1.58 bits per heavy atom. The molecule has 17 nitrogen and oxygen atoms in total. The van der Waals surface area contributed by atoms with E-state index in [9.17, 15) is 33.9 Å². The van der Waals surface area contributed by atoms with Gasteiger partial charge in [-0.05, 0) is 42.7 Å². The lowest BCUT2D eigenvalue weighted by molar-refractivity contribution is -0.346. The lowest BCUT2D eigenvalue weighted by atomic mass is 9.44. The molecule has 18 heteroatoms. The van der Waals surface area contributed by atoms with E-state index < -0.39 is 131 Å². The summed E-state index contributed by atoms with van der Waals surface area (Å²) in [5.74, 6) is -5.49. The Labute approximate surface area is 379 Å². The molecule has 0 aromatic heterocycles. The predicted molar refractivity (Wildman–Crippen MR) is 224 cm³/mol. The minimum absolute atomic E-state index is 0.00735. The maximum Gasteiger partial charge on any atom is 0.413 e. The van der Waals surface area contributed by atoms with E-state index in [1.54, 1.807) is 69.3 Å². The standard InChI is InChI=1S/C47H50ClNO16/c1-8-19-58-43(56)49-24-60-37(35(49)28-15-11-9-12-16-28)42(55)62-30-21-47(57)40(64-41(54)29-17-13-10-14-18-29)38-45(7,39(53)36(61-26(3)50)34(25(30)2)44(47,5)6)31(63-33(52)22-48)20-32-46(38,23-59-32)65-27(4)51/h1,9-18,30-32,35-38,40,57H,19-24H2,2-7H3/t30-,31-,32+,35-,36+,37+,38-,40-,45+,46-,47+/m0/s1. The molecule has 1 amide bonds. The molecule has 11 atom stereocenters. The molecule has 2 aliphatic heterocycles. The van der Waals surface area contributed by atoms with Gasteiger partial charge in [-0.1, -0.05) is 68.3 Å². The average Bonchev–Trinajstić information content (AvgIpc) is 3.72. The van der Waals surface area contributed by atoms with Gasteiger partial charge in [0.2, 0.25) is 0 Å². The molecule has 0 unspecified atom stereocenters. The first-order chi connectivity index (χ1) is 30.8. The summed E-state index contributed by atoms with van der Waals surface area (Å²) in [6.07, 6.45) is -5.48. The molecular weight excluding hydrogens is 870 g/mol. The maximum atomic E-state index is 15.9. The monoisotopic (exact) mass is 919 g/mol. The number of esters is 5. The van der Waals surface area contributed by atoms with Crippen molar-refractivity contribution in [2.24, 2.45) is 16.7 Å². The average molecular weight is 920 g/mol. The van der Waals surface area contributed by atoms with Gasteiger partial charge in [0.1, 0.15) is 42.6 Å². The third kappa shape index (κ3) is 7.94. The molecule has 2 saturated heterocycles. The number of hydrogen-bond acceptors (Lipinski definition) is 16. The summed E-state index contributed by atoms with van der Waals surface area (Å²) in [6, 6.07) is 15.2. The molecule has 2 saturated carbocycles. The van der Waals surface area contributed by atoms with Crippen molar-refractivity contribution in [1.29, 1.82) is 0 Å². The van der Waals surface area contributed by atoms with Crippen LogP contribution in [0.15, 0.2) is 71.8 Å². The Balaban J connectivity index is 1.43. The molecule has 2 heterocycles. The number of fused-ring (bicyclic) bond motifs is 5. The second kappa shape index (κ2) is 17.9. The van der Waals surface area contributed by atoms with Crippen LogP contribution < -0.4 is 0 Å². The molecule has 7 rings (SSSR count).